The average molecular weight is 336 g/mol. The van der Waals surface area contributed by atoms with Gasteiger partial charge in [0, 0.05) is 38.1 Å². The molecule has 0 spiro atoms. The molecule has 6 heteroatoms. The van der Waals surface area contributed by atoms with Gasteiger partial charge in [0.1, 0.15) is 0 Å². The van der Waals surface area contributed by atoms with Crippen molar-refractivity contribution in [1.82, 2.24) is 14.5 Å². The van der Waals surface area contributed by atoms with Crippen LogP contribution in [0.25, 0.3) is 0 Å². The summed E-state index contributed by atoms with van der Waals surface area (Å²) in [5.74, 6) is 1.28. The molecule has 5 nitrogen and oxygen atoms in total. The van der Waals surface area contributed by atoms with E-state index in [9.17, 15) is 0 Å². The van der Waals surface area contributed by atoms with Crippen molar-refractivity contribution in [3.63, 3.8) is 0 Å². The third-order valence-electron chi connectivity index (χ3n) is 4.40. The van der Waals surface area contributed by atoms with Gasteiger partial charge in [0.2, 0.25) is 0 Å². The molecule has 1 aromatic heterocycles. The van der Waals surface area contributed by atoms with Gasteiger partial charge in [-0.05, 0) is 30.5 Å². The van der Waals surface area contributed by atoms with Gasteiger partial charge < -0.3 is 14.0 Å². The lowest BCUT2D eigenvalue weighted by molar-refractivity contribution is 0.179. The zero-order valence-corrected chi connectivity index (χ0v) is 14.3. The van der Waals surface area contributed by atoms with Crippen molar-refractivity contribution in [1.29, 1.82) is 0 Å². The highest BCUT2D eigenvalue weighted by atomic mass is 35.5. The second-order valence-electron chi connectivity index (χ2n) is 5.83. The third kappa shape index (κ3) is 3.62. The van der Waals surface area contributed by atoms with E-state index in [-0.39, 0.29) is 0 Å². The summed E-state index contributed by atoms with van der Waals surface area (Å²) in [5.41, 5.74) is 1.15. The lowest BCUT2D eigenvalue weighted by atomic mass is 10.0. The molecule has 1 fully saturated rings. The number of rotatable bonds is 5. The topological polar surface area (TPSA) is 39.5 Å². The number of hydrogen-bond acceptors (Lipinski definition) is 4. The normalized spacial score (nSPS) is 16.5. The van der Waals surface area contributed by atoms with E-state index in [1.165, 1.54) is 0 Å². The minimum Gasteiger partial charge on any atom is -0.493 e. The number of methoxy groups -OCH3 is 2. The van der Waals surface area contributed by atoms with Gasteiger partial charge in [0.25, 0.3) is 0 Å². The summed E-state index contributed by atoms with van der Waals surface area (Å²) >= 11 is 6.29. The number of hydrogen-bond donors (Lipinski definition) is 0. The molecule has 3 rings (SSSR count). The van der Waals surface area contributed by atoms with E-state index in [1.54, 1.807) is 14.2 Å². The van der Waals surface area contributed by atoms with E-state index in [2.05, 4.69) is 20.6 Å². The summed E-state index contributed by atoms with van der Waals surface area (Å²) in [6.45, 7) is 3.00. The SMILES string of the molecule is COc1cc(CN2CCC(n3ccnc3)CC2)cc(Cl)c1OC. The van der Waals surface area contributed by atoms with Crippen molar-refractivity contribution in [3.05, 3.63) is 41.4 Å². The molecule has 0 aliphatic carbocycles. The second kappa shape index (κ2) is 7.23. The average Bonchev–Trinajstić information content (AvgIpc) is 3.09. The fourth-order valence-corrected chi connectivity index (χ4v) is 3.49. The van der Waals surface area contributed by atoms with Crippen LogP contribution in [0, 0.1) is 0 Å². The Bertz CT molecular complexity index is 638. The summed E-state index contributed by atoms with van der Waals surface area (Å²) in [6.07, 6.45) is 8.08. The smallest absolute Gasteiger partial charge is 0.179 e. The standard InChI is InChI=1S/C17H22ClN3O2/c1-22-16-10-13(9-15(18)17(16)23-2)11-20-6-3-14(4-7-20)21-8-5-19-12-21/h5,8-10,12,14H,3-4,6-7,11H2,1-2H3. The monoisotopic (exact) mass is 335 g/mol. The molecule has 1 aliphatic rings. The molecule has 0 radical (unpaired) electrons. The molecule has 0 amide bonds. The van der Waals surface area contributed by atoms with E-state index < -0.39 is 0 Å². The molecule has 0 saturated carbocycles. The lowest BCUT2D eigenvalue weighted by Gasteiger charge is -2.32. The van der Waals surface area contributed by atoms with Crippen LogP contribution in [-0.4, -0.2) is 41.8 Å². The van der Waals surface area contributed by atoms with Crippen LogP contribution in [0.4, 0.5) is 0 Å². The fraction of sp³-hybridized carbons (Fsp3) is 0.471. The molecule has 1 aliphatic heterocycles. The first-order valence-electron chi connectivity index (χ1n) is 7.81. The van der Waals surface area contributed by atoms with Crippen LogP contribution in [0.5, 0.6) is 11.5 Å². The van der Waals surface area contributed by atoms with Crippen LogP contribution in [0.2, 0.25) is 5.02 Å². The number of imidazole rings is 1. The van der Waals surface area contributed by atoms with Crippen LogP contribution in [0.1, 0.15) is 24.4 Å². The number of benzene rings is 1. The number of nitrogens with zero attached hydrogens (tertiary/aromatic N) is 3. The predicted molar refractivity (Wildman–Crippen MR) is 90.3 cm³/mol. The minimum absolute atomic E-state index is 0.558. The predicted octanol–water partition coefficient (Wildman–Crippen LogP) is 3.39. The molecule has 23 heavy (non-hydrogen) atoms. The highest BCUT2D eigenvalue weighted by molar-refractivity contribution is 6.32. The highest BCUT2D eigenvalue weighted by Crippen LogP contribution is 2.36. The largest absolute Gasteiger partial charge is 0.493 e. The van der Waals surface area contributed by atoms with E-state index in [0.29, 0.717) is 22.6 Å². The van der Waals surface area contributed by atoms with Crippen LogP contribution >= 0.6 is 11.6 Å². The summed E-state index contributed by atoms with van der Waals surface area (Å²) in [4.78, 5) is 6.59. The van der Waals surface area contributed by atoms with Crippen molar-refractivity contribution in [2.75, 3.05) is 27.3 Å². The molecule has 124 valence electrons. The maximum atomic E-state index is 6.29. The van der Waals surface area contributed by atoms with Gasteiger partial charge in [-0.3, -0.25) is 4.90 Å². The molecular weight excluding hydrogens is 314 g/mol. The summed E-state index contributed by atoms with van der Waals surface area (Å²) < 4.78 is 12.9. The Kier molecular flexibility index (Phi) is 5.08. The van der Waals surface area contributed by atoms with E-state index in [0.717, 1.165) is 38.0 Å². The molecule has 2 aromatic rings. The Balaban J connectivity index is 1.63. The molecule has 1 saturated heterocycles. The van der Waals surface area contributed by atoms with E-state index in [4.69, 9.17) is 21.1 Å². The van der Waals surface area contributed by atoms with Gasteiger partial charge in [-0.1, -0.05) is 11.6 Å². The summed E-state index contributed by atoms with van der Waals surface area (Å²) in [5, 5.41) is 0.593. The van der Waals surface area contributed by atoms with Crippen LogP contribution in [0.15, 0.2) is 30.9 Å². The molecule has 0 unspecified atom stereocenters. The molecule has 0 bridgehead atoms. The quantitative estimate of drug-likeness (QED) is 0.839. The number of ether oxygens (including phenoxy) is 2. The molecule has 0 atom stereocenters. The molecular formula is C17H22ClN3O2. The molecule has 1 aromatic carbocycles. The Labute approximate surface area is 141 Å². The van der Waals surface area contributed by atoms with Crippen LogP contribution in [0.3, 0.4) is 0 Å². The minimum atomic E-state index is 0.558. The maximum absolute atomic E-state index is 6.29. The van der Waals surface area contributed by atoms with Gasteiger partial charge in [-0.25, -0.2) is 4.98 Å². The zero-order valence-electron chi connectivity index (χ0n) is 13.5. The lowest BCUT2D eigenvalue weighted by Crippen LogP contribution is -2.33. The molecule has 0 N–H and O–H groups in total. The van der Waals surface area contributed by atoms with Crippen molar-refractivity contribution in [2.45, 2.75) is 25.4 Å². The van der Waals surface area contributed by atoms with Crippen LogP contribution < -0.4 is 9.47 Å². The summed E-state index contributed by atoms with van der Waals surface area (Å²) in [7, 11) is 3.23. The highest BCUT2D eigenvalue weighted by Gasteiger charge is 2.21. The van der Waals surface area contributed by atoms with E-state index >= 15 is 0 Å². The second-order valence-corrected chi connectivity index (χ2v) is 6.24. The fourth-order valence-electron chi connectivity index (χ4n) is 3.18. The van der Waals surface area contributed by atoms with Gasteiger partial charge in [-0.15, -0.1) is 0 Å². The zero-order chi connectivity index (χ0) is 16.2. The number of piperidine rings is 1. The maximum Gasteiger partial charge on any atom is 0.179 e. The number of aromatic nitrogens is 2. The number of halogens is 1. The Morgan fingerprint density at radius 1 is 1.22 bits per heavy atom. The first-order valence-corrected chi connectivity index (χ1v) is 8.19. The Morgan fingerprint density at radius 3 is 2.61 bits per heavy atom. The first kappa shape index (κ1) is 16.1. The van der Waals surface area contributed by atoms with Gasteiger partial charge >= 0.3 is 0 Å². The van der Waals surface area contributed by atoms with Gasteiger partial charge in [-0.2, -0.15) is 0 Å². The Hall–Kier alpha value is -1.72. The van der Waals surface area contributed by atoms with Crippen molar-refractivity contribution >= 4 is 11.6 Å². The van der Waals surface area contributed by atoms with Gasteiger partial charge in [0.05, 0.1) is 25.6 Å². The summed E-state index contributed by atoms with van der Waals surface area (Å²) in [6, 6.07) is 4.53. The van der Waals surface area contributed by atoms with Gasteiger partial charge in [0.15, 0.2) is 11.5 Å². The van der Waals surface area contributed by atoms with E-state index in [1.807, 2.05) is 24.7 Å². The van der Waals surface area contributed by atoms with Crippen molar-refractivity contribution < 1.29 is 9.47 Å². The van der Waals surface area contributed by atoms with Crippen molar-refractivity contribution in [2.24, 2.45) is 0 Å². The molecule has 2 heterocycles. The van der Waals surface area contributed by atoms with Crippen LogP contribution in [-0.2, 0) is 6.54 Å². The van der Waals surface area contributed by atoms with Crippen molar-refractivity contribution in [3.8, 4) is 11.5 Å². The number of likely N-dealkylation sites (tertiary alicyclic amines) is 1. The third-order valence-corrected chi connectivity index (χ3v) is 4.68. The first-order chi connectivity index (χ1) is 11.2. The Morgan fingerprint density at radius 2 is 2.00 bits per heavy atom.